The highest BCUT2D eigenvalue weighted by atomic mass is 79.9. The molecule has 0 radical (unpaired) electrons. The molecule has 0 saturated carbocycles. The standard InChI is InChI=1S/C14H26BrNO2/c1-3-14(2,9-10-15)16-13(17)8-7-12-6-4-5-11-18-12/h12H,3-11H2,1-2H3,(H,16,17). The molecule has 0 bridgehead atoms. The van der Waals surface area contributed by atoms with Crippen molar-refractivity contribution in [2.24, 2.45) is 0 Å². The summed E-state index contributed by atoms with van der Waals surface area (Å²) < 4.78 is 5.64. The highest BCUT2D eigenvalue weighted by Gasteiger charge is 2.24. The SMILES string of the molecule is CCC(C)(CCBr)NC(=O)CCC1CCCCO1. The maximum Gasteiger partial charge on any atom is 0.220 e. The molecule has 106 valence electrons. The van der Waals surface area contributed by atoms with Gasteiger partial charge in [-0.1, -0.05) is 22.9 Å². The molecule has 1 aliphatic rings. The average Bonchev–Trinajstić information content (AvgIpc) is 2.38. The van der Waals surface area contributed by atoms with Crippen LogP contribution in [0.15, 0.2) is 0 Å². The van der Waals surface area contributed by atoms with Crippen LogP contribution in [0.5, 0.6) is 0 Å². The molecule has 1 heterocycles. The number of alkyl halides is 1. The van der Waals surface area contributed by atoms with E-state index in [0.29, 0.717) is 12.5 Å². The average molecular weight is 320 g/mol. The van der Waals surface area contributed by atoms with Crippen molar-refractivity contribution in [1.29, 1.82) is 0 Å². The molecule has 1 aliphatic heterocycles. The first-order valence-electron chi connectivity index (χ1n) is 7.08. The predicted molar refractivity (Wildman–Crippen MR) is 78.1 cm³/mol. The second-order valence-corrected chi connectivity index (χ2v) is 6.22. The summed E-state index contributed by atoms with van der Waals surface area (Å²) in [6.07, 6.45) is 7.19. The Morgan fingerprint density at radius 2 is 2.28 bits per heavy atom. The summed E-state index contributed by atoms with van der Waals surface area (Å²) in [4.78, 5) is 12.0. The molecule has 18 heavy (non-hydrogen) atoms. The van der Waals surface area contributed by atoms with Crippen LogP contribution in [0.4, 0.5) is 0 Å². The monoisotopic (exact) mass is 319 g/mol. The zero-order chi connectivity index (χ0) is 13.4. The van der Waals surface area contributed by atoms with E-state index in [2.05, 4.69) is 35.1 Å². The minimum atomic E-state index is -0.0754. The molecule has 2 unspecified atom stereocenters. The molecule has 2 atom stereocenters. The molecular weight excluding hydrogens is 294 g/mol. The van der Waals surface area contributed by atoms with Crippen molar-refractivity contribution in [2.45, 2.75) is 70.4 Å². The Balaban J connectivity index is 2.27. The molecule has 1 fully saturated rings. The van der Waals surface area contributed by atoms with Crippen LogP contribution in [0.2, 0.25) is 0 Å². The first-order valence-corrected chi connectivity index (χ1v) is 8.20. The van der Waals surface area contributed by atoms with Crippen molar-refractivity contribution in [3.05, 3.63) is 0 Å². The molecule has 0 aliphatic carbocycles. The van der Waals surface area contributed by atoms with E-state index in [0.717, 1.165) is 37.6 Å². The Bertz CT molecular complexity index is 254. The van der Waals surface area contributed by atoms with Gasteiger partial charge in [0.2, 0.25) is 5.91 Å². The van der Waals surface area contributed by atoms with Gasteiger partial charge < -0.3 is 10.1 Å². The maximum absolute atomic E-state index is 12.0. The van der Waals surface area contributed by atoms with Gasteiger partial charge in [0, 0.05) is 23.9 Å². The van der Waals surface area contributed by atoms with Crippen molar-refractivity contribution < 1.29 is 9.53 Å². The van der Waals surface area contributed by atoms with Gasteiger partial charge in [0.05, 0.1) is 6.10 Å². The van der Waals surface area contributed by atoms with Gasteiger partial charge in [-0.2, -0.15) is 0 Å². The number of hydrogen-bond donors (Lipinski definition) is 1. The summed E-state index contributed by atoms with van der Waals surface area (Å²) in [5.74, 6) is 0.162. The van der Waals surface area contributed by atoms with Crippen LogP contribution in [0.25, 0.3) is 0 Å². The summed E-state index contributed by atoms with van der Waals surface area (Å²) in [6.45, 7) is 5.10. The molecule has 0 aromatic heterocycles. The van der Waals surface area contributed by atoms with Gasteiger partial charge in [-0.15, -0.1) is 0 Å². The number of nitrogens with one attached hydrogen (secondary N) is 1. The van der Waals surface area contributed by atoms with Gasteiger partial charge >= 0.3 is 0 Å². The number of carbonyl (C=O) groups is 1. The van der Waals surface area contributed by atoms with E-state index in [1.54, 1.807) is 0 Å². The lowest BCUT2D eigenvalue weighted by Crippen LogP contribution is -2.46. The molecule has 1 rings (SSSR count). The molecule has 0 aromatic carbocycles. The minimum Gasteiger partial charge on any atom is -0.378 e. The number of hydrogen-bond acceptors (Lipinski definition) is 2. The number of amides is 1. The van der Waals surface area contributed by atoms with E-state index in [9.17, 15) is 4.79 Å². The second kappa shape index (κ2) is 8.16. The Hall–Kier alpha value is -0.0900. The van der Waals surface area contributed by atoms with E-state index in [1.807, 2.05) is 0 Å². The third kappa shape index (κ3) is 5.70. The number of carbonyl (C=O) groups excluding carboxylic acids is 1. The zero-order valence-electron chi connectivity index (χ0n) is 11.6. The van der Waals surface area contributed by atoms with Crippen molar-refractivity contribution in [3.63, 3.8) is 0 Å². The highest BCUT2D eigenvalue weighted by molar-refractivity contribution is 9.09. The molecule has 4 heteroatoms. The van der Waals surface area contributed by atoms with E-state index in [-0.39, 0.29) is 11.4 Å². The van der Waals surface area contributed by atoms with Gasteiger partial charge in [0.25, 0.3) is 0 Å². The van der Waals surface area contributed by atoms with Crippen LogP contribution < -0.4 is 5.32 Å². The molecule has 1 amide bonds. The molecule has 0 aromatic rings. The first-order chi connectivity index (χ1) is 8.59. The van der Waals surface area contributed by atoms with Crippen molar-refractivity contribution in [2.75, 3.05) is 11.9 Å². The quantitative estimate of drug-likeness (QED) is 0.730. The lowest BCUT2D eigenvalue weighted by Gasteiger charge is -2.29. The van der Waals surface area contributed by atoms with Crippen LogP contribution in [-0.2, 0) is 9.53 Å². The lowest BCUT2D eigenvalue weighted by atomic mass is 9.95. The van der Waals surface area contributed by atoms with Crippen LogP contribution in [-0.4, -0.2) is 29.5 Å². The Kier molecular flexibility index (Phi) is 7.23. The summed E-state index contributed by atoms with van der Waals surface area (Å²) >= 11 is 3.45. The summed E-state index contributed by atoms with van der Waals surface area (Å²) in [5.41, 5.74) is -0.0754. The third-order valence-corrected chi connectivity index (χ3v) is 4.23. The number of ether oxygens (including phenoxy) is 1. The highest BCUT2D eigenvalue weighted by Crippen LogP contribution is 2.19. The molecular formula is C14H26BrNO2. The predicted octanol–water partition coefficient (Wildman–Crippen LogP) is 3.41. The van der Waals surface area contributed by atoms with Crippen molar-refractivity contribution >= 4 is 21.8 Å². The van der Waals surface area contributed by atoms with E-state index in [4.69, 9.17) is 4.74 Å². The van der Waals surface area contributed by atoms with Crippen molar-refractivity contribution in [3.8, 4) is 0 Å². The largest absolute Gasteiger partial charge is 0.378 e. The number of rotatable bonds is 7. The fraction of sp³-hybridized carbons (Fsp3) is 0.929. The Morgan fingerprint density at radius 1 is 1.50 bits per heavy atom. The van der Waals surface area contributed by atoms with Gasteiger partial charge in [-0.25, -0.2) is 0 Å². The van der Waals surface area contributed by atoms with E-state index < -0.39 is 0 Å². The molecule has 3 nitrogen and oxygen atoms in total. The summed E-state index contributed by atoms with van der Waals surface area (Å²) in [6, 6.07) is 0. The van der Waals surface area contributed by atoms with Gasteiger partial charge in [-0.05, 0) is 45.4 Å². The molecule has 1 N–H and O–H groups in total. The third-order valence-electron chi connectivity index (χ3n) is 3.84. The Morgan fingerprint density at radius 3 is 2.83 bits per heavy atom. The van der Waals surface area contributed by atoms with Gasteiger partial charge in [0.15, 0.2) is 0 Å². The molecule has 0 spiro atoms. The van der Waals surface area contributed by atoms with Crippen molar-refractivity contribution in [1.82, 2.24) is 5.32 Å². The van der Waals surface area contributed by atoms with Crippen LogP contribution in [0.3, 0.4) is 0 Å². The minimum absolute atomic E-state index is 0.0754. The van der Waals surface area contributed by atoms with E-state index >= 15 is 0 Å². The van der Waals surface area contributed by atoms with Gasteiger partial charge in [0.1, 0.15) is 0 Å². The lowest BCUT2D eigenvalue weighted by molar-refractivity contribution is -0.124. The molecule has 1 saturated heterocycles. The van der Waals surface area contributed by atoms with Crippen LogP contribution in [0, 0.1) is 0 Å². The second-order valence-electron chi connectivity index (χ2n) is 5.43. The Labute approximate surface area is 119 Å². The summed E-state index contributed by atoms with van der Waals surface area (Å²) in [5, 5.41) is 4.08. The van der Waals surface area contributed by atoms with Crippen LogP contribution >= 0.6 is 15.9 Å². The number of halogens is 1. The van der Waals surface area contributed by atoms with Crippen LogP contribution in [0.1, 0.15) is 58.8 Å². The topological polar surface area (TPSA) is 38.3 Å². The smallest absolute Gasteiger partial charge is 0.220 e. The summed E-state index contributed by atoms with van der Waals surface area (Å²) in [7, 11) is 0. The van der Waals surface area contributed by atoms with Gasteiger partial charge in [-0.3, -0.25) is 4.79 Å². The normalized spacial score (nSPS) is 23.4. The first kappa shape index (κ1) is 16.0. The fourth-order valence-corrected chi connectivity index (χ4v) is 3.14. The fourth-order valence-electron chi connectivity index (χ4n) is 2.26. The zero-order valence-corrected chi connectivity index (χ0v) is 13.2. The maximum atomic E-state index is 12.0. The van der Waals surface area contributed by atoms with E-state index in [1.165, 1.54) is 12.8 Å².